The Morgan fingerprint density at radius 3 is 2.32 bits per heavy atom. The highest BCUT2D eigenvalue weighted by atomic mass is 35.5. The SMILES string of the molecule is CN1C(=O)C(=O)N(CC(=O)N2CCN(c3cccc(Cl)c3)CC2)C1=O. The maximum atomic E-state index is 12.4. The lowest BCUT2D eigenvalue weighted by atomic mass is 10.2. The van der Waals surface area contributed by atoms with Crippen LogP contribution >= 0.6 is 11.6 Å². The number of hydrogen-bond acceptors (Lipinski definition) is 5. The number of nitrogens with zero attached hydrogens (tertiary/aromatic N) is 4. The van der Waals surface area contributed by atoms with Gasteiger partial charge in [0.2, 0.25) is 5.91 Å². The molecule has 3 rings (SSSR count). The van der Waals surface area contributed by atoms with E-state index in [1.54, 1.807) is 11.0 Å². The summed E-state index contributed by atoms with van der Waals surface area (Å²) in [5.74, 6) is -2.22. The molecule has 0 radical (unpaired) electrons. The highest BCUT2D eigenvalue weighted by Crippen LogP contribution is 2.21. The molecule has 0 spiro atoms. The lowest BCUT2D eigenvalue weighted by Crippen LogP contribution is -2.52. The number of halogens is 1. The van der Waals surface area contributed by atoms with E-state index in [0.717, 1.165) is 5.69 Å². The van der Waals surface area contributed by atoms with Crippen LogP contribution in [0.5, 0.6) is 0 Å². The van der Waals surface area contributed by atoms with E-state index in [1.165, 1.54) is 7.05 Å². The predicted octanol–water partition coefficient (Wildman–Crippen LogP) is 0.409. The van der Waals surface area contributed by atoms with Crippen LogP contribution in [0.4, 0.5) is 10.5 Å². The second kappa shape index (κ2) is 6.72. The Bertz CT molecular complexity index is 745. The summed E-state index contributed by atoms with van der Waals surface area (Å²) < 4.78 is 0. The number of urea groups is 1. The van der Waals surface area contributed by atoms with Gasteiger partial charge in [-0.25, -0.2) is 9.69 Å². The van der Waals surface area contributed by atoms with Crippen LogP contribution in [0.2, 0.25) is 5.02 Å². The van der Waals surface area contributed by atoms with Gasteiger partial charge in [0.25, 0.3) is 0 Å². The van der Waals surface area contributed by atoms with E-state index in [-0.39, 0.29) is 5.91 Å². The smallest absolute Gasteiger partial charge is 0.334 e. The van der Waals surface area contributed by atoms with Crippen LogP contribution in [0.15, 0.2) is 24.3 Å². The zero-order chi connectivity index (χ0) is 18.1. The Morgan fingerprint density at radius 1 is 1.08 bits per heavy atom. The van der Waals surface area contributed by atoms with Crippen molar-refractivity contribution in [2.75, 3.05) is 44.7 Å². The molecule has 8 nitrogen and oxygen atoms in total. The number of benzene rings is 1. The van der Waals surface area contributed by atoms with Gasteiger partial charge in [0, 0.05) is 43.9 Å². The van der Waals surface area contributed by atoms with Gasteiger partial charge in [0.05, 0.1) is 0 Å². The molecule has 0 unspecified atom stereocenters. The summed E-state index contributed by atoms with van der Waals surface area (Å²) >= 11 is 6.00. The Hall–Kier alpha value is -2.61. The minimum absolute atomic E-state index is 0.351. The molecule has 0 aliphatic carbocycles. The van der Waals surface area contributed by atoms with E-state index >= 15 is 0 Å². The lowest BCUT2D eigenvalue weighted by Gasteiger charge is -2.36. The summed E-state index contributed by atoms with van der Waals surface area (Å²) in [6, 6.07) is 6.72. The monoisotopic (exact) mass is 364 g/mol. The molecule has 2 aliphatic heterocycles. The van der Waals surface area contributed by atoms with Crippen LogP contribution in [0.3, 0.4) is 0 Å². The first-order valence-corrected chi connectivity index (χ1v) is 8.18. The van der Waals surface area contributed by atoms with Gasteiger partial charge in [0.15, 0.2) is 0 Å². The van der Waals surface area contributed by atoms with Gasteiger partial charge in [-0.05, 0) is 18.2 Å². The van der Waals surface area contributed by atoms with Crippen LogP contribution in [0.1, 0.15) is 0 Å². The fraction of sp³-hybridized carbons (Fsp3) is 0.375. The number of hydrogen-bond donors (Lipinski definition) is 0. The van der Waals surface area contributed by atoms with E-state index in [2.05, 4.69) is 4.90 Å². The molecule has 5 amide bonds. The zero-order valence-electron chi connectivity index (χ0n) is 13.6. The molecule has 2 saturated heterocycles. The molecular formula is C16H17ClN4O4. The summed E-state index contributed by atoms with van der Waals surface area (Å²) in [6.45, 7) is 1.75. The second-order valence-corrected chi connectivity index (χ2v) is 6.32. The number of piperazine rings is 1. The fourth-order valence-electron chi connectivity index (χ4n) is 2.88. The van der Waals surface area contributed by atoms with Crippen LogP contribution in [0.25, 0.3) is 0 Å². The molecular weight excluding hydrogens is 348 g/mol. The van der Waals surface area contributed by atoms with E-state index < -0.39 is 24.4 Å². The average Bonchev–Trinajstić information content (AvgIpc) is 2.79. The molecule has 0 saturated carbocycles. The minimum Gasteiger partial charge on any atom is -0.368 e. The number of anilines is 1. The molecule has 2 heterocycles. The third-order valence-corrected chi connectivity index (χ3v) is 4.58. The maximum absolute atomic E-state index is 12.4. The molecule has 132 valence electrons. The predicted molar refractivity (Wildman–Crippen MR) is 90.1 cm³/mol. The Kier molecular flexibility index (Phi) is 4.63. The quantitative estimate of drug-likeness (QED) is 0.573. The van der Waals surface area contributed by atoms with Crippen molar-refractivity contribution in [3.8, 4) is 0 Å². The molecule has 0 aromatic heterocycles. The van der Waals surface area contributed by atoms with Gasteiger partial charge >= 0.3 is 17.8 Å². The molecule has 0 N–H and O–H groups in total. The number of imide groups is 2. The first-order chi connectivity index (χ1) is 11.9. The van der Waals surface area contributed by atoms with Crippen molar-refractivity contribution in [2.24, 2.45) is 0 Å². The highest BCUT2D eigenvalue weighted by Gasteiger charge is 2.43. The van der Waals surface area contributed by atoms with Crippen molar-refractivity contribution in [1.29, 1.82) is 0 Å². The van der Waals surface area contributed by atoms with Crippen molar-refractivity contribution in [3.05, 3.63) is 29.3 Å². The largest absolute Gasteiger partial charge is 0.368 e. The van der Waals surface area contributed by atoms with Crippen molar-refractivity contribution in [1.82, 2.24) is 14.7 Å². The Labute approximate surface area is 149 Å². The molecule has 0 atom stereocenters. The summed E-state index contributed by atoms with van der Waals surface area (Å²) in [5.41, 5.74) is 0.983. The van der Waals surface area contributed by atoms with Gasteiger partial charge in [-0.2, -0.15) is 0 Å². The second-order valence-electron chi connectivity index (χ2n) is 5.89. The average molecular weight is 365 g/mol. The van der Waals surface area contributed by atoms with E-state index in [9.17, 15) is 19.2 Å². The van der Waals surface area contributed by atoms with Gasteiger partial charge in [0.1, 0.15) is 6.54 Å². The Morgan fingerprint density at radius 2 is 1.76 bits per heavy atom. The summed E-state index contributed by atoms with van der Waals surface area (Å²) in [6.07, 6.45) is 0. The van der Waals surface area contributed by atoms with E-state index in [0.29, 0.717) is 41.0 Å². The summed E-state index contributed by atoms with van der Waals surface area (Å²) in [5, 5.41) is 0.649. The number of carbonyl (C=O) groups is 4. The minimum atomic E-state index is -0.960. The molecule has 2 aliphatic rings. The molecule has 0 bridgehead atoms. The third-order valence-electron chi connectivity index (χ3n) is 4.35. The van der Waals surface area contributed by atoms with Gasteiger partial charge in [-0.1, -0.05) is 17.7 Å². The van der Waals surface area contributed by atoms with Crippen LogP contribution in [-0.2, 0) is 14.4 Å². The van der Waals surface area contributed by atoms with Crippen LogP contribution in [-0.4, -0.2) is 78.2 Å². The fourth-order valence-corrected chi connectivity index (χ4v) is 3.06. The maximum Gasteiger partial charge on any atom is 0.334 e. The normalized spacial score (nSPS) is 18.4. The van der Waals surface area contributed by atoms with Crippen molar-refractivity contribution >= 4 is 41.0 Å². The van der Waals surface area contributed by atoms with Crippen molar-refractivity contribution in [2.45, 2.75) is 0 Å². The van der Waals surface area contributed by atoms with Crippen LogP contribution in [0, 0.1) is 0 Å². The standard InChI is InChI=1S/C16H17ClN4O4/c1-18-14(23)15(24)21(16(18)25)10-13(22)20-7-5-19(6-8-20)12-4-2-3-11(17)9-12/h2-4,9H,5-8,10H2,1H3. The molecule has 1 aromatic rings. The Balaban J connectivity index is 1.58. The van der Waals surface area contributed by atoms with Gasteiger partial charge in [-0.3, -0.25) is 19.3 Å². The topological polar surface area (TPSA) is 81.2 Å². The molecule has 1 aromatic carbocycles. The number of carbonyl (C=O) groups excluding carboxylic acids is 4. The molecule has 2 fully saturated rings. The van der Waals surface area contributed by atoms with Crippen molar-refractivity contribution in [3.63, 3.8) is 0 Å². The third kappa shape index (κ3) is 3.30. The van der Waals surface area contributed by atoms with E-state index in [4.69, 9.17) is 11.6 Å². The van der Waals surface area contributed by atoms with Crippen LogP contribution < -0.4 is 4.90 Å². The summed E-state index contributed by atoms with van der Waals surface area (Å²) in [7, 11) is 1.22. The highest BCUT2D eigenvalue weighted by molar-refractivity contribution is 6.44. The lowest BCUT2D eigenvalue weighted by molar-refractivity contribution is -0.144. The number of amides is 5. The summed E-state index contributed by atoms with van der Waals surface area (Å²) in [4.78, 5) is 52.5. The molecule has 9 heteroatoms. The molecule has 25 heavy (non-hydrogen) atoms. The number of rotatable bonds is 3. The van der Waals surface area contributed by atoms with Crippen molar-refractivity contribution < 1.29 is 19.2 Å². The first-order valence-electron chi connectivity index (χ1n) is 7.80. The zero-order valence-corrected chi connectivity index (χ0v) is 14.4. The number of likely N-dealkylation sites (N-methyl/N-ethyl adjacent to an activating group) is 1. The van der Waals surface area contributed by atoms with E-state index in [1.807, 2.05) is 18.2 Å². The van der Waals surface area contributed by atoms with Gasteiger partial charge < -0.3 is 9.80 Å². The first kappa shape index (κ1) is 17.2. The van der Waals surface area contributed by atoms with Gasteiger partial charge in [-0.15, -0.1) is 0 Å².